The van der Waals surface area contributed by atoms with Crippen LogP contribution in [-0.4, -0.2) is 23.1 Å². The maximum absolute atomic E-state index is 5.98. The second-order valence-electron chi connectivity index (χ2n) is 4.83. The first kappa shape index (κ1) is 13.3. The summed E-state index contributed by atoms with van der Waals surface area (Å²) in [6, 6.07) is 7.33. The van der Waals surface area contributed by atoms with Gasteiger partial charge in [-0.15, -0.1) is 0 Å². The Bertz CT molecular complexity index is 585. The monoisotopic (exact) mass is 289 g/mol. The van der Waals surface area contributed by atoms with E-state index in [1.165, 1.54) is 0 Å². The van der Waals surface area contributed by atoms with Crippen molar-refractivity contribution < 1.29 is 4.74 Å². The van der Waals surface area contributed by atoms with Crippen LogP contribution in [0.5, 0.6) is 11.6 Å². The van der Waals surface area contributed by atoms with Crippen LogP contribution in [0.1, 0.15) is 24.5 Å². The van der Waals surface area contributed by atoms with Crippen LogP contribution in [0.25, 0.3) is 0 Å². The van der Waals surface area contributed by atoms with E-state index in [4.69, 9.17) is 16.3 Å². The molecule has 1 saturated heterocycles. The minimum Gasteiger partial charge on any atom is -0.437 e. The summed E-state index contributed by atoms with van der Waals surface area (Å²) in [4.78, 5) is 8.80. The average molecular weight is 290 g/mol. The van der Waals surface area contributed by atoms with Gasteiger partial charge in [-0.25, -0.2) is 4.98 Å². The third-order valence-electron chi connectivity index (χ3n) is 3.43. The summed E-state index contributed by atoms with van der Waals surface area (Å²) in [5.74, 6) is 1.67. The minimum atomic E-state index is 0.402. The highest BCUT2D eigenvalue weighted by molar-refractivity contribution is 6.30. The van der Waals surface area contributed by atoms with Gasteiger partial charge in [0, 0.05) is 23.3 Å². The fraction of sp³-hybridized carbons (Fsp3) is 0.333. The molecule has 4 nitrogen and oxygen atoms in total. The lowest BCUT2D eigenvalue weighted by molar-refractivity contribution is 0.410. The Morgan fingerprint density at radius 3 is 2.75 bits per heavy atom. The van der Waals surface area contributed by atoms with Gasteiger partial charge >= 0.3 is 0 Å². The van der Waals surface area contributed by atoms with Gasteiger partial charge in [0.05, 0.1) is 0 Å². The standard InChI is InChI=1S/C15H16ClN3O/c16-12-2-1-3-13(10-12)20-15-14(18-8-9-19-15)11-4-6-17-7-5-11/h1-3,8-11,17H,4-7H2. The van der Waals surface area contributed by atoms with Crippen LogP contribution in [0.2, 0.25) is 5.02 Å². The molecule has 1 fully saturated rings. The first-order valence-electron chi connectivity index (χ1n) is 6.78. The highest BCUT2D eigenvalue weighted by atomic mass is 35.5. The molecule has 1 aromatic heterocycles. The smallest absolute Gasteiger partial charge is 0.241 e. The van der Waals surface area contributed by atoms with Gasteiger partial charge in [0.25, 0.3) is 0 Å². The maximum atomic E-state index is 5.98. The molecular weight excluding hydrogens is 274 g/mol. The predicted molar refractivity (Wildman–Crippen MR) is 78.4 cm³/mol. The first-order chi connectivity index (χ1) is 9.83. The zero-order valence-corrected chi connectivity index (χ0v) is 11.8. The molecule has 0 spiro atoms. The number of hydrogen-bond donors (Lipinski definition) is 1. The second-order valence-corrected chi connectivity index (χ2v) is 5.27. The van der Waals surface area contributed by atoms with Gasteiger partial charge in [-0.3, -0.25) is 4.98 Å². The summed E-state index contributed by atoms with van der Waals surface area (Å²) in [6.45, 7) is 2.02. The summed E-state index contributed by atoms with van der Waals surface area (Å²) in [6.07, 6.45) is 5.50. The summed E-state index contributed by atoms with van der Waals surface area (Å²) < 4.78 is 5.87. The van der Waals surface area contributed by atoms with Gasteiger partial charge in [0.2, 0.25) is 5.88 Å². The lowest BCUT2D eigenvalue weighted by Gasteiger charge is -2.23. The van der Waals surface area contributed by atoms with E-state index in [-0.39, 0.29) is 0 Å². The molecule has 20 heavy (non-hydrogen) atoms. The fourth-order valence-corrected chi connectivity index (χ4v) is 2.61. The van der Waals surface area contributed by atoms with Gasteiger partial charge in [0.1, 0.15) is 11.4 Å². The van der Waals surface area contributed by atoms with E-state index in [0.29, 0.717) is 22.6 Å². The van der Waals surface area contributed by atoms with Gasteiger partial charge in [0.15, 0.2) is 0 Å². The minimum absolute atomic E-state index is 0.402. The van der Waals surface area contributed by atoms with Crippen molar-refractivity contribution in [2.75, 3.05) is 13.1 Å². The maximum Gasteiger partial charge on any atom is 0.241 e. The van der Waals surface area contributed by atoms with E-state index in [2.05, 4.69) is 15.3 Å². The van der Waals surface area contributed by atoms with Crippen molar-refractivity contribution in [1.82, 2.24) is 15.3 Å². The van der Waals surface area contributed by atoms with E-state index >= 15 is 0 Å². The molecule has 0 saturated carbocycles. The molecule has 1 N–H and O–H groups in total. The molecule has 1 aliphatic heterocycles. The van der Waals surface area contributed by atoms with Crippen LogP contribution in [-0.2, 0) is 0 Å². The van der Waals surface area contributed by atoms with Crippen LogP contribution < -0.4 is 10.1 Å². The Kier molecular flexibility index (Phi) is 4.14. The molecule has 3 rings (SSSR count). The summed E-state index contributed by atoms with van der Waals surface area (Å²) in [5, 5.41) is 4.00. The Balaban J connectivity index is 1.85. The second kappa shape index (κ2) is 6.20. The van der Waals surface area contributed by atoms with E-state index in [9.17, 15) is 0 Å². The number of aromatic nitrogens is 2. The average Bonchev–Trinajstić information content (AvgIpc) is 2.49. The van der Waals surface area contributed by atoms with Crippen molar-refractivity contribution in [2.24, 2.45) is 0 Å². The summed E-state index contributed by atoms with van der Waals surface area (Å²) >= 11 is 5.98. The van der Waals surface area contributed by atoms with E-state index < -0.39 is 0 Å². The molecule has 0 bridgehead atoms. The Hall–Kier alpha value is -1.65. The topological polar surface area (TPSA) is 47.0 Å². The number of nitrogens with one attached hydrogen (secondary N) is 1. The number of ether oxygens (including phenoxy) is 1. The Labute approximate surface area is 123 Å². The molecule has 1 aliphatic rings. The molecule has 2 heterocycles. The molecule has 5 heteroatoms. The molecule has 0 unspecified atom stereocenters. The molecule has 0 amide bonds. The van der Waals surface area contributed by atoms with Crippen LogP contribution in [0.15, 0.2) is 36.7 Å². The molecular formula is C15H16ClN3O. The van der Waals surface area contributed by atoms with Crippen molar-refractivity contribution >= 4 is 11.6 Å². The van der Waals surface area contributed by atoms with Crippen LogP contribution >= 0.6 is 11.6 Å². The molecule has 0 aliphatic carbocycles. The van der Waals surface area contributed by atoms with Gasteiger partial charge in [-0.2, -0.15) is 0 Å². The highest BCUT2D eigenvalue weighted by Gasteiger charge is 2.21. The largest absolute Gasteiger partial charge is 0.437 e. The number of benzene rings is 1. The lowest BCUT2D eigenvalue weighted by Crippen LogP contribution is -2.27. The van der Waals surface area contributed by atoms with E-state index in [1.54, 1.807) is 18.5 Å². The lowest BCUT2D eigenvalue weighted by atomic mass is 9.94. The van der Waals surface area contributed by atoms with Gasteiger partial charge < -0.3 is 10.1 Å². The van der Waals surface area contributed by atoms with Crippen molar-refractivity contribution in [2.45, 2.75) is 18.8 Å². The first-order valence-corrected chi connectivity index (χ1v) is 7.16. The third kappa shape index (κ3) is 3.08. The molecule has 0 radical (unpaired) electrons. The number of hydrogen-bond acceptors (Lipinski definition) is 4. The zero-order chi connectivity index (χ0) is 13.8. The van der Waals surface area contributed by atoms with Gasteiger partial charge in [-0.05, 0) is 44.1 Å². The SMILES string of the molecule is Clc1cccc(Oc2nccnc2C2CCNCC2)c1. The molecule has 2 aromatic rings. The number of halogens is 1. The predicted octanol–water partition coefficient (Wildman–Crippen LogP) is 3.39. The molecule has 104 valence electrons. The van der Waals surface area contributed by atoms with Crippen LogP contribution in [0.4, 0.5) is 0 Å². The molecule has 0 atom stereocenters. The van der Waals surface area contributed by atoms with Crippen LogP contribution in [0.3, 0.4) is 0 Å². The van der Waals surface area contributed by atoms with Crippen molar-refractivity contribution in [3.05, 3.63) is 47.4 Å². The summed E-state index contributed by atoms with van der Waals surface area (Å²) in [7, 11) is 0. The van der Waals surface area contributed by atoms with Crippen molar-refractivity contribution in [1.29, 1.82) is 0 Å². The Morgan fingerprint density at radius 2 is 1.95 bits per heavy atom. The quantitative estimate of drug-likeness (QED) is 0.941. The van der Waals surface area contributed by atoms with Gasteiger partial charge in [-0.1, -0.05) is 17.7 Å². The zero-order valence-electron chi connectivity index (χ0n) is 11.1. The van der Waals surface area contributed by atoms with Crippen molar-refractivity contribution in [3.63, 3.8) is 0 Å². The summed E-state index contributed by atoms with van der Waals surface area (Å²) in [5.41, 5.74) is 0.939. The van der Waals surface area contributed by atoms with Crippen molar-refractivity contribution in [3.8, 4) is 11.6 Å². The van der Waals surface area contributed by atoms with Crippen LogP contribution in [0, 0.1) is 0 Å². The number of nitrogens with zero attached hydrogens (tertiary/aromatic N) is 2. The van der Waals surface area contributed by atoms with E-state index in [0.717, 1.165) is 31.6 Å². The third-order valence-corrected chi connectivity index (χ3v) is 3.66. The number of rotatable bonds is 3. The molecule has 1 aromatic carbocycles. The van der Waals surface area contributed by atoms with E-state index in [1.807, 2.05) is 18.2 Å². The fourth-order valence-electron chi connectivity index (χ4n) is 2.43. The number of piperidine rings is 1. The normalized spacial score (nSPS) is 16.1. The Morgan fingerprint density at radius 1 is 1.15 bits per heavy atom. The highest BCUT2D eigenvalue weighted by Crippen LogP contribution is 2.32.